The zero-order valence-electron chi connectivity index (χ0n) is 12.7. The average Bonchev–Trinajstić information content (AvgIpc) is 3.03. The first-order valence-electron chi connectivity index (χ1n) is 7.09. The van der Waals surface area contributed by atoms with Gasteiger partial charge in [0.2, 0.25) is 21.7 Å². The molecule has 24 heavy (non-hydrogen) atoms. The second-order valence-electron chi connectivity index (χ2n) is 5.11. The molecule has 0 aliphatic carbocycles. The van der Waals surface area contributed by atoms with Crippen LogP contribution in [0.15, 0.2) is 57.9 Å². The lowest BCUT2D eigenvalue weighted by Gasteiger charge is -2.04. The molecule has 3 rings (SSSR count). The molecule has 0 atom stereocenters. The number of benzene rings is 2. The maximum absolute atomic E-state index is 12.2. The maximum atomic E-state index is 12.2. The Bertz CT molecular complexity index is 953. The van der Waals surface area contributed by atoms with Crippen LogP contribution < -0.4 is 4.72 Å². The molecule has 2 aromatic carbocycles. The van der Waals surface area contributed by atoms with Gasteiger partial charge in [0.15, 0.2) is 0 Å². The van der Waals surface area contributed by atoms with Crippen molar-refractivity contribution in [2.75, 3.05) is 0 Å². The number of rotatable bonds is 5. The predicted octanol–water partition coefficient (Wildman–Crippen LogP) is 3.18. The number of sulfonamides is 1. The molecule has 0 aliphatic heterocycles. The summed E-state index contributed by atoms with van der Waals surface area (Å²) in [5, 5.41) is 4.36. The topological polar surface area (TPSA) is 85.1 Å². The van der Waals surface area contributed by atoms with Gasteiger partial charge in [0, 0.05) is 10.6 Å². The first-order chi connectivity index (χ1) is 11.5. The van der Waals surface area contributed by atoms with E-state index < -0.39 is 10.0 Å². The third kappa shape index (κ3) is 3.64. The van der Waals surface area contributed by atoms with Crippen molar-refractivity contribution in [3.63, 3.8) is 0 Å². The molecule has 0 radical (unpaired) electrons. The SMILES string of the molecule is Cc1ccccc1-c1noc(CNS(=O)(=O)c2ccc(Cl)cc2)n1. The second kappa shape index (κ2) is 6.72. The molecule has 0 aliphatic rings. The van der Waals surface area contributed by atoms with Crippen LogP contribution in [0.4, 0.5) is 0 Å². The summed E-state index contributed by atoms with van der Waals surface area (Å²) in [6.07, 6.45) is 0. The van der Waals surface area contributed by atoms with Gasteiger partial charge in [-0.25, -0.2) is 13.1 Å². The molecule has 3 aromatic rings. The summed E-state index contributed by atoms with van der Waals surface area (Å²) in [7, 11) is -3.68. The lowest BCUT2D eigenvalue weighted by Crippen LogP contribution is -2.23. The highest BCUT2D eigenvalue weighted by Crippen LogP contribution is 2.20. The van der Waals surface area contributed by atoms with E-state index in [1.807, 2.05) is 31.2 Å². The largest absolute Gasteiger partial charge is 0.338 e. The summed E-state index contributed by atoms with van der Waals surface area (Å²) in [5.41, 5.74) is 1.85. The van der Waals surface area contributed by atoms with E-state index in [0.29, 0.717) is 10.8 Å². The fraction of sp³-hybridized carbons (Fsp3) is 0.125. The van der Waals surface area contributed by atoms with Crippen molar-refractivity contribution < 1.29 is 12.9 Å². The van der Waals surface area contributed by atoms with Crippen molar-refractivity contribution in [3.05, 3.63) is 65.0 Å². The highest BCUT2D eigenvalue weighted by molar-refractivity contribution is 7.89. The quantitative estimate of drug-likeness (QED) is 0.752. The summed E-state index contributed by atoms with van der Waals surface area (Å²) < 4.78 is 31.9. The summed E-state index contributed by atoms with van der Waals surface area (Å²) >= 11 is 5.76. The molecule has 124 valence electrons. The molecule has 0 spiro atoms. The van der Waals surface area contributed by atoms with Crippen LogP contribution in [0.5, 0.6) is 0 Å². The van der Waals surface area contributed by atoms with Crippen molar-refractivity contribution in [1.29, 1.82) is 0 Å². The van der Waals surface area contributed by atoms with E-state index in [4.69, 9.17) is 16.1 Å². The number of halogens is 1. The van der Waals surface area contributed by atoms with Crippen molar-refractivity contribution >= 4 is 21.6 Å². The van der Waals surface area contributed by atoms with Gasteiger partial charge in [-0.15, -0.1) is 0 Å². The minimum absolute atomic E-state index is 0.0934. The smallest absolute Gasteiger partial charge is 0.242 e. The third-order valence-electron chi connectivity index (χ3n) is 3.39. The van der Waals surface area contributed by atoms with E-state index in [1.165, 1.54) is 24.3 Å². The van der Waals surface area contributed by atoms with E-state index in [0.717, 1.165) is 11.1 Å². The Morgan fingerprint density at radius 2 is 1.83 bits per heavy atom. The van der Waals surface area contributed by atoms with Gasteiger partial charge < -0.3 is 4.52 Å². The number of aromatic nitrogens is 2. The van der Waals surface area contributed by atoms with E-state index in [1.54, 1.807) is 0 Å². The highest BCUT2D eigenvalue weighted by atomic mass is 35.5. The van der Waals surface area contributed by atoms with E-state index in [-0.39, 0.29) is 17.3 Å². The van der Waals surface area contributed by atoms with Crippen molar-refractivity contribution in [1.82, 2.24) is 14.9 Å². The molecule has 0 amide bonds. The third-order valence-corrected chi connectivity index (χ3v) is 5.06. The molecule has 0 saturated heterocycles. The number of nitrogens with one attached hydrogen (secondary N) is 1. The lowest BCUT2D eigenvalue weighted by atomic mass is 10.1. The molecular formula is C16H14ClN3O3S. The summed E-state index contributed by atoms with van der Waals surface area (Å²) in [6, 6.07) is 13.5. The first-order valence-corrected chi connectivity index (χ1v) is 8.96. The Kier molecular flexibility index (Phi) is 4.66. The van der Waals surface area contributed by atoms with Crippen molar-refractivity contribution in [2.24, 2.45) is 0 Å². The van der Waals surface area contributed by atoms with Gasteiger partial charge in [-0.3, -0.25) is 0 Å². The van der Waals surface area contributed by atoms with Gasteiger partial charge in [-0.1, -0.05) is 41.0 Å². The standard InChI is InChI=1S/C16H14ClN3O3S/c1-11-4-2-3-5-14(11)16-19-15(23-20-16)10-18-24(21,22)13-8-6-12(17)7-9-13/h2-9,18H,10H2,1H3. The first kappa shape index (κ1) is 16.6. The zero-order chi connectivity index (χ0) is 17.2. The lowest BCUT2D eigenvalue weighted by molar-refractivity contribution is 0.376. The van der Waals surface area contributed by atoms with E-state index >= 15 is 0 Å². The van der Waals surface area contributed by atoms with Crippen LogP contribution in [-0.4, -0.2) is 18.6 Å². The van der Waals surface area contributed by atoms with Crippen LogP contribution >= 0.6 is 11.6 Å². The number of nitrogens with zero attached hydrogens (tertiary/aromatic N) is 2. The fourth-order valence-electron chi connectivity index (χ4n) is 2.11. The zero-order valence-corrected chi connectivity index (χ0v) is 14.3. The number of aryl methyl sites for hydroxylation is 1. The molecule has 0 bridgehead atoms. The monoisotopic (exact) mass is 363 g/mol. The fourth-order valence-corrected chi connectivity index (χ4v) is 3.21. The minimum atomic E-state index is -3.68. The van der Waals surface area contributed by atoms with Crippen LogP contribution in [0, 0.1) is 6.92 Å². The molecule has 0 fully saturated rings. The Hall–Kier alpha value is -2.22. The Labute approximate surface area is 144 Å². The van der Waals surface area contributed by atoms with E-state index in [9.17, 15) is 8.42 Å². The van der Waals surface area contributed by atoms with Gasteiger partial charge in [0.05, 0.1) is 11.4 Å². The second-order valence-corrected chi connectivity index (χ2v) is 7.31. The molecule has 0 unspecified atom stereocenters. The number of hydrogen-bond donors (Lipinski definition) is 1. The van der Waals surface area contributed by atoms with Crippen LogP contribution in [0.1, 0.15) is 11.5 Å². The predicted molar refractivity (Wildman–Crippen MR) is 89.9 cm³/mol. The molecule has 0 saturated carbocycles. The van der Waals surface area contributed by atoms with Gasteiger partial charge in [-0.05, 0) is 36.8 Å². The van der Waals surface area contributed by atoms with Gasteiger partial charge in [-0.2, -0.15) is 4.98 Å². The Morgan fingerprint density at radius 3 is 2.54 bits per heavy atom. The number of hydrogen-bond acceptors (Lipinski definition) is 5. The van der Waals surface area contributed by atoms with Gasteiger partial charge in [0.25, 0.3) is 0 Å². The van der Waals surface area contributed by atoms with E-state index in [2.05, 4.69) is 14.9 Å². The average molecular weight is 364 g/mol. The molecular weight excluding hydrogens is 350 g/mol. The van der Waals surface area contributed by atoms with Crippen LogP contribution in [0.3, 0.4) is 0 Å². The molecule has 1 heterocycles. The summed E-state index contributed by atoms with van der Waals surface area (Å²) in [5.74, 6) is 0.611. The summed E-state index contributed by atoms with van der Waals surface area (Å²) in [4.78, 5) is 4.34. The normalized spacial score (nSPS) is 11.6. The van der Waals surface area contributed by atoms with Crippen molar-refractivity contribution in [3.8, 4) is 11.4 Å². The van der Waals surface area contributed by atoms with Crippen LogP contribution in [0.25, 0.3) is 11.4 Å². The molecule has 1 aromatic heterocycles. The van der Waals surface area contributed by atoms with Gasteiger partial charge in [0.1, 0.15) is 0 Å². The Balaban J connectivity index is 1.74. The van der Waals surface area contributed by atoms with Gasteiger partial charge >= 0.3 is 0 Å². The Morgan fingerprint density at radius 1 is 1.12 bits per heavy atom. The highest BCUT2D eigenvalue weighted by Gasteiger charge is 2.16. The minimum Gasteiger partial charge on any atom is -0.338 e. The molecule has 1 N–H and O–H groups in total. The maximum Gasteiger partial charge on any atom is 0.242 e. The van der Waals surface area contributed by atoms with Crippen LogP contribution in [0.2, 0.25) is 5.02 Å². The van der Waals surface area contributed by atoms with Crippen LogP contribution in [-0.2, 0) is 16.6 Å². The van der Waals surface area contributed by atoms with Crippen molar-refractivity contribution in [2.45, 2.75) is 18.4 Å². The molecule has 8 heteroatoms. The molecule has 6 nitrogen and oxygen atoms in total. The summed E-state index contributed by atoms with van der Waals surface area (Å²) in [6.45, 7) is 1.85.